The Morgan fingerprint density at radius 2 is 1.62 bits per heavy atom. The molecule has 1 saturated heterocycles. The summed E-state index contributed by atoms with van der Waals surface area (Å²) in [6.45, 7) is -0.0912. The van der Waals surface area contributed by atoms with Crippen LogP contribution in [-0.4, -0.2) is 41.0 Å². The lowest BCUT2D eigenvalue weighted by atomic mass is 9.94. The maximum absolute atomic E-state index is 13.5. The highest BCUT2D eigenvalue weighted by molar-refractivity contribution is 6.47. The third kappa shape index (κ3) is 4.80. The quantitative estimate of drug-likeness (QED) is 0.212. The van der Waals surface area contributed by atoms with Crippen LogP contribution in [0.15, 0.2) is 54.1 Å². The Morgan fingerprint density at radius 3 is 2.22 bits per heavy atom. The van der Waals surface area contributed by atoms with E-state index in [1.165, 1.54) is 67.7 Å². The summed E-state index contributed by atoms with van der Waals surface area (Å²) in [6.07, 6.45) is 0. The van der Waals surface area contributed by atoms with Gasteiger partial charge in [-0.2, -0.15) is 0 Å². The van der Waals surface area contributed by atoms with Gasteiger partial charge >= 0.3 is 0 Å². The van der Waals surface area contributed by atoms with Gasteiger partial charge in [0, 0.05) is 6.54 Å². The summed E-state index contributed by atoms with van der Waals surface area (Å²) in [4.78, 5) is 27.7. The third-order valence-corrected chi connectivity index (χ3v) is 6.82. The number of ketones is 1. The van der Waals surface area contributed by atoms with E-state index in [2.05, 4.69) is 0 Å². The highest BCUT2D eigenvalue weighted by Crippen LogP contribution is 2.48. The van der Waals surface area contributed by atoms with Crippen molar-refractivity contribution >= 4 is 52.3 Å². The minimum absolute atomic E-state index is 0.0274. The van der Waals surface area contributed by atoms with E-state index in [9.17, 15) is 24.2 Å². The molecule has 1 aliphatic rings. The van der Waals surface area contributed by atoms with Crippen molar-refractivity contribution in [3.8, 4) is 17.2 Å². The molecular weight excluding hydrogens is 548 g/mol. The molecule has 0 radical (unpaired) electrons. The van der Waals surface area contributed by atoms with E-state index in [-0.39, 0.29) is 50.0 Å². The van der Waals surface area contributed by atoms with Crippen LogP contribution in [0.4, 0.5) is 4.39 Å². The molecule has 1 heterocycles. The number of hydrogen-bond acceptors (Lipinski definition) is 6. The van der Waals surface area contributed by atoms with Crippen LogP contribution in [0.3, 0.4) is 0 Å². The Labute approximate surface area is 226 Å². The van der Waals surface area contributed by atoms with Gasteiger partial charge in [0.2, 0.25) is 0 Å². The second kappa shape index (κ2) is 10.5. The number of rotatable bonds is 6. The number of carbonyl (C=O) groups excluding carboxylic acids is 2. The van der Waals surface area contributed by atoms with Gasteiger partial charge in [0.15, 0.2) is 11.5 Å². The Hall–Kier alpha value is -3.46. The lowest BCUT2D eigenvalue weighted by Gasteiger charge is -2.26. The van der Waals surface area contributed by atoms with E-state index in [1.807, 2.05) is 0 Å². The number of Topliss-reactive ketones (excluding diaryl/α,β-unsaturated/α-hetero) is 1. The lowest BCUT2D eigenvalue weighted by molar-refractivity contribution is -0.140. The number of hydrogen-bond donors (Lipinski definition) is 2. The van der Waals surface area contributed by atoms with Crippen LogP contribution in [0.25, 0.3) is 5.76 Å². The average molecular weight is 567 g/mol. The van der Waals surface area contributed by atoms with Gasteiger partial charge in [0.1, 0.15) is 22.3 Å². The van der Waals surface area contributed by atoms with Gasteiger partial charge in [-0.15, -0.1) is 0 Å². The summed E-state index contributed by atoms with van der Waals surface area (Å²) in [5.41, 5.74) is 0.527. The molecule has 37 heavy (non-hydrogen) atoms. The summed E-state index contributed by atoms with van der Waals surface area (Å²) in [5, 5.41) is 21.3. The number of ether oxygens (including phenoxy) is 2. The van der Waals surface area contributed by atoms with Gasteiger partial charge in [-0.1, -0.05) is 53.0 Å². The zero-order valence-corrected chi connectivity index (χ0v) is 21.7. The Bertz CT molecular complexity index is 1440. The standard InChI is InChI=1S/C26H19Cl3FNO6/c1-36-24-15(10-17(28)25(37-2)20(24)29)22(33)19-21(13-5-8-18(32)16(27)9-13)31(26(35)23(19)34)11-12-3-6-14(30)7-4-12/h3-10,21,32-33H,11H2,1-2H3/b22-19+. The first-order valence-electron chi connectivity index (χ1n) is 10.7. The Morgan fingerprint density at radius 1 is 0.973 bits per heavy atom. The van der Waals surface area contributed by atoms with Crippen LogP contribution in [-0.2, 0) is 16.1 Å². The van der Waals surface area contributed by atoms with E-state index in [0.717, 1.165) is 0 Å². The molecular formula is C26H19Cl3FNO6. The molecule has 0 saturated carbocycles. The van der Waals surface area contributed by atoms with Crippen molar-refractivity contribution in [2.75, 3.05) is 14.2 Å². The number of aliphatic hydroxyl groups excluding tert-OH is 1. The van der Waals surface area contributed by atoms with Crippen LogP contribution in [0.5, 0.6) is 17.2 Å². The van der Waals surface area contributed by atoms with Crippen molar-refractivity contribution < 1.29 is 33.7 Å². The Balaban J connectivity index is 1.96. The smallest absolute Gasteiger partial charge is 0.295 e. The number of aliphatic hydroxyl groups is 1. The summed E-state index contributed by atoms with van der Waals surface area (Å²) in [7, 11) is 2.65. The van der Waals surface area contributed by atoms with Crippen molar-refractivity contribution in [2.45, 2.75) is 12.6 Å². The molecule has 1 atom stereocenters. The number of phenolic OH excluding ortho intramolecular Hbond substituents is 1. The second-order valence-electron chi connectivity index (χ2n) is 8.05. The molecule has 3 aromatic carbocycles. The monoisotopic (exact) mass is 565 g/mol. The largest absolute Gasteiger partial charge is 0.507 e. The summed E-state index contributed by atoms with van der Waals surface area (Å²) < 4.78 is 24.0. The van der Waals surface area contributed by atoms with E-state index in [0.29, 0.717) is 11.1 Å². The second-order valence-corrected chi connectivity index (χ2v) is 9.24. The fraction of sp³-hybridized carbons (Fsp3) is 0.154. The van der Waals surface area contributed by atoms with E-state index < -0.39 is 29.3 Å². The zero-order chi connectivity index (χ0) is 27.0. The van der Waals surface area contributed by atoms with Gasteiger partial charge in [-0.05, 0) is 41.5 Å². The number of phenols is 1. The van der Waals surface area contributed by atoms with Crippen molar-refractivity contribution in [2.24, 2.45) is 0 Å². The number of halogens is 4. The molecule has 192 valence electrons. The maximum Gasteiger partial charge on any atom is 0.295 e. The van der Waals surface area contributed by atoms with E-state index in [1.54, 1.807) is 0 Å². The van der Waals surface area contributed by atoms with Crippen LogP contribution >= 0.6 is 34.8 Å². The molecule has 1 amide bonds. The van der Waals surface area contributed by atoms with Gasteiger partial charge in [-0.25, -0.2) is 4.39 Å². The molecule has 0 aromatic heterocycles. The molecule has 7 nitrogen and oxygen atoms in total. The van der Waals surface area contributed by atoms with Crippen LogP contribution in [0.1, 0.15) is 22.7 Å². The summed E-state index contributed by atoms with van der Waals surface area (Å²) in [6, 6.07) is 9.72. The first-order chi connectivity index (χ1) is 17.6. The van der Waals surface area contributed by atoms with Crippen LogP contribution < -0.4 is 9.47 Å². The zero-order valence-electron chi connectivity index (χ0n) is 19.4. The number of methoxy groups -OCH3 is 2. The topological polar surface area (TPSA) is 96.3 Å². The lowest BCUT2D eigenvalue weighted by Crippen LogP contribution is -2.29. The van der Waals surface area contributed by atoms with Gasteiger partial charge in [0.25, 0.3) is 11.7 Å². The summed E-state index contributed by atoms with van der Waals surface area (Å²) >= 11 is 18.8. The molecule has 1 unspecified atom stereocenters. The number of benzene rings is 3. The third-order valence-electron chi connectivity index (χ3n) is 5.89. The first-order valence-corrected chi connectivity index (χ1v) is 11.8. The number of amides is 1. The van der Waals surface area contributed by atoms with Crippen LogP contribution in [0.2, 0.25) is 15.1 Å². The van der Waals surface area contributed by atoms with Gasteiger partial charge in [-0.3, -0.25) is 9.59 Å². The van der Waals surface area contributed by atoms with Gasteiger partial charge < -0.3 is 24.6 Å². The molecule has 2 N–H and O–H groups in total. The van der Waals surface area contributed by atoms with E-state index >= 15 is 0 Å². The molecule has 3 aromatic rings. The summed E-state index contributed by atoms with van der Waals surface area (Å²) in [5.74, 6) is -3.12. The highest BCUT2D eigenvalue weighted by atomic mass is 35.5. The van der Waals surface area contributed by atoms with Crippen molar-refractivity contribution in [1.29, 1.82) is 0 Å². The van der Waals surface area contributed by atoms with Crippen molar-refractivity contribution in [3.63, 3.8) is 0 Å². The fourth-order valence-corrected chi connectivity index (χ4v) is 5.04. The first kappa shape index (κ1) is 26.6. The predicted molar refractivity (Wildman–Crippen MR) is 137 cm³/mol. The van der Waals surface area contributed by atoms with E-state index in [4.69, 9.17) is 44.3 Å². The number of likely N-dealkylation sites (tertiary alicyclic amines) is 1. The average Bonchev–Trinajstić information content (AvgIpc) is 3.11. The molecule has 11 heteroatoms. The predicted octanol–water partition coefficient (Wildman–Crippen LogP) is 6.13. The van der Waals surface area contributed by atoms with Crippen molar-refractivity contribution in [3.05, 3.63) is 91.7 Å². The minimum atomic E-state index is -1.13. The Kier molecular flexibility index (Phi) is 7.54. The molecule has 1 fully saturated rings. The van der Waals surface area contributed by atoms with Crippen molar-refractivity contribution in [1.82, 2.24) is 4.90 Å². The highest BCUT2D eigenvalue weighted by Gasteiger charge is 2.46. The number of aromatic hydroxyl groups is 1. The van der Waals surface area contributed by atoms with Gasteiger partial charge in [0.05, 0.1) is 41.4 Å². The molecule has 0 bridgehead atoms. The molecule has 0 spiro atoms. The number of nitrogens with zero attached hydrogens (tertiary/aromatic N) is 1. The maximum atomic E-state index is 13.5. The normalized spacial score (nSPS) is 16.8. The minimum Gasteiger partial charge on any atom is -0.507 e. The molecule has 0 aliphatic carbocycles. The van der Waals surface area contributed by atoms with Crippen LogP contribution in [0, 0.1) is 5.82 Å². The SMILES string of the molecule is COc1c(Cl)cc(/C(O)=C2\C(=O)C(=O)N(Cc3ccc(F)cc3)C2c2ccc(O)c(Cl)c2)c(OC)c1Cl. The molecule has 4 rings (SSSR count). The number of carbonyl (C=O) groups is 2. The molecule has 1 aliphatic heterocycles. The fourth-order valence-electron chi connectivity index (χ4n) is 4.16.